The van der Waals surface area contributed by atoms with E-state index >= 15 is 0 Å². The van der Waals surface area contributed by atoms with Crippen molar-refractivity contribution in [1.82, 2.24) is 19.4 Å². The van der Waals surface area contributed by atoms with Gasteiger partial charge in [-0.2, -0.15) is 0 Å². The maximum absolute atomic E-state index is 13.0. The van der Waals surface area contributed by atoms with Gasteiger partial charge in [0.15, 0.2) is 17.2 Å². The maximum Gasteiger partial charge on any atom is 0.321 e. The lowest BCUT2D eigenvalue weighted by Gasteiger charge is -2.19. The molecule has 1 aliphatic carbocycles. The number of benzene rings is 1. The van der Waals surface area contributed by atoms with E-state index in [2.05, 4.69) is 27.0 Å². The van der Waals surface area contributed by atoms with Crippen molar-refractivity contribution in [3.8, 4) is 11.6 Å². The minimum atomic E-state index is -0.0580. The molecule has 0 saturated carbocycles. The van der Waals surface area contributed by atoms with Gasteiger partial charge in [0.2, 0.25) is 0 Å². The molecule has 4 heterocycles. The van der Waals surface area contributed by atoms with E-state index in [0.29, 0.717) is 18.8 Å². The van der Waals surface area contributed by atoms with Crippen molar-refractivity contribution in [2.24, 2.45) is 0 Å². The van der Waals surface area contributed by atoms with E-state index in [4.69, 9.17) is 9.40 Å². The molecule has 0 radical (unpaired) electrons. The first-order valence-corrected chi connectivity index (χ1v) is 10.8. The van der Waals surface area contributed by atoms with Gasteiger partial charge in [-0.3, -0.25) is 0 Å². The first-order valence-electron chi connectivity index (χ1n) is 10.8. The van der Waals surface area contributed by atoms with Crippen molar-refractivity contribution in [3.63, 3.8) is 0 Å². The molecule has 4 aromatic rings. The van der Waals surface area contributed by atoms with Crippen molar-refractivity contribution in [1.29, 1.82) is 0 Å². The molecule has 1 saturated heterocycles. The Morgan fingerprint density at radius 2 is 2.06 bits per heavy atom. The summed E-state index contributed by atoms with van der Waals surface area (Å²) in [5.41, 5.74) is 5.29. The van der Waals surface area contributed by atoms with Crippen LogP contribution in [-0.4, -0.2) is 38.6 Å². The molecule has 2 aliphatic rings. The third-order valence-corrected chi connectivity index (χ3v) is 6.36. The summed E-state index contributed by atoms with van der Waals surface area (Å²) in [5, 5.41) is 3.09. The Morgan fingerprint density at radius 3 is 2.97 bits per heavy atom. The molecule has 1 fully saturated rings. The number of urea groups is 1. The molecule has 1 aromatic carbocycles. The highest BCUT2D eigenvalue weighted by molar-refractivity contribution is 5.89. The number of pyridine rings is 1. The molecule has 1 N–H and O–H groups in total. The van der Waals surface area contributed by atoms with Gasteiger partial charge >= 0.3 is 6.03 Å². The van der Waals surface area contributed by atoms with E-state index in [1.165, 1.54) is 17.5 Å². The van der Waals surface area contributed by atoms with E-state index in [9.17, 15) is 4.79 Å². The van der Waals surface area contributed by atoms with Crippen molar-refractivity contribution < 1.29 is 9.21 Å². The fourth-order valence-electron chi connectivity index (χ4n) is 4.84. The van der Waals surface area contributed by atoms with Gasteiger partial charge < -0.3 is 19.2 Å². The zero-order valence-corrected chi connectivity index (χ0v) is 17.1. The number of amides is 2. The zero-order valence-electron chi connectivity index (χ0n) is 17.1. The molecule has 2 amide bonds. The predicted octanol–water partition coefficient (Wildman–Crippen LogP) is 4.66. The van der Waals surface area contributed by atoms with Crippen LogP contribution in [0.25, 0.3) is 22.7 Å². The molecular weight excluding hydrogens is 390 g/mol. The summed E-state index contributed by atoms with van der Waals surface area (Å²) < 4.78 is 7.76. The number of aryl methyl sites for hydroxylation is 2. The summed E-state index contributed by atoms with van der Waals surface area (Å²) in [4.78, 5) is 24.2. The number of carbonyl (C=O) groups is 1. The summed E-state index contributed by atoms with van der Waals surface area (Å²) in [6.45, 7) is 1.29. The normalized spacial score (nSPS) is 17.9. The first-order chi connectivity index (χ1) is 15.3. The SMILES string of the molecule is O=C(Nc1ccc2c(c1)CCC2)N1CCC(n2c(-c3ccco3)nc3cccnc32)C1. The van der Waals surface area contributed by atoms with Gasteiger partial charge in [-0.25, -0.2) is 14.8 Å². The summed E-state index contributed by atoms with van der Waals surface area (Å²) in [6, 6.07) is 13.9. The van der Waals surface area contributed by atoms with Gasteiger partial charge in [0.25, 0.3) is 0 Å². The molecule has 7 nitrogen and oxygen atoms in total. The largest absolute Gasteiger partial charge is 0.461 e. The summed E-state index contributed by atoms with van der Waals surface area (Å²) >= 11 is 0. The first kappa shape index (κ1) is 18.2. The van der Waals surface area contributed by atoms with Gasteiger partial charge in [-0.15, -0.1) is 0 Å². The van der Waals surface area contributed by atoms with Crippen molar-refractivity contribution >= 4 is 22.9 Å². The lowest BCUT2D eigenvalue weighted by atomic mass is 10.1. The number of nitrogens with zero attached hydrogens (tertiary/aromatic N) is 4. The van der Waals surface area contributed by atoms with Crippen molar-refractivity contribution in [2.75, 3.05) is 18.4 Å². The highest BCUT2D eigenvalue weighted by Gasteiger charge is 2.31. The number of anilines is 1. The number of rotatable bonds is 3. The molecule has 7 heteroatoms. The standard InChI is InChI=1S/C24H23N5O2/c30-24(26-18-9-8-16-4-1-5-17(16)14-18)28-12-10-19(15-28)29-22-20(6-2-11-25-22)27-23(29)21-7-3-13-31-21/h2-3,6-9,11,13-14,19H,1,4-5,10,12,15H2,(H,26,30). The van der Waals surface area contributed by atoms with E-state index in [0.717, 1.165) is 41.9 Å². The molecular formula is C24H23N5O2. The molecule has 31 heavy (non-hydrogen) atoms. The Labute approximate surface area is 179 Å². The van der Waals surface area contributed by atoms with Gasteiger partial charge in [-0.05, 0) is 73.2 Å². The van der Waals surface area contributed by atoms with Crippen LogP contribution in [0.15, 0.2) is 59.3 Å². The Morgan fingerprint density at radius 1 is 1.13 bits per heavy atom. The minimum Gasteiger partial charge on any atom is -0.461 e. The Kier molecular flexibility index (Phi) is 4.26. The second-order valence-corrected chi connectivity index (χ2v) is 8.28. The lowest BCUT2D eigenvalue weighted by Crippen LogP contribution is -2.33. The average Bonchev–Trinajstić information content (AvgIpc) is 3.58. The summed E-state index contributed by atoms with van der Waals surface area (Å²) in [6.07, 6.45) is 7.71. The van der Waals surface area contributed by atoms with Crippen LogP contribution in [0.5, 0.6) is 0 Å². The Bertz CT molecular complexity index is 1260. The predicted molar refractivity (Wildman–Crippen MR) is 118 cm³/mol. The average molecular weight is 413 g/mol. The number of fused-ring (bicyclic) bond motifs is 2. The van der Waals surface area contributed by atoms with E-state index < -0.39 is 0 Å². The Balaban J connectivity index is 1.25. The molecule has 156 valence electrons. The number of carbonyl (C=O) groups excluding carboxylic acids is 1. The van der Waals surface area contributed by atoms with E-state index in [1.807, 2.05) is 35.2 Å². The molecule has 0 spiro atoms. The van der Waals surface area contributed by atoms with Crippen LogP contribution in [-0.2, 0) is 12.8 Å². The minimum absolute atomic E-state index is 0.0580. The molecule has 1 aliphatic heterocycles. The smallest absolute Gasteiger partial charge is 0.321 e. The number of hydrogen-bond donors (Lipinski definition) is 1. The quantitative estimate of drug-likeness (QED) is 0.530. The second kappa shape index (κ2) is 7.27. The van der Waals surface area contributed by atoms with Crippen LogP contribution >= 0.6 is 0 Å². The number of furan rings is 1. The number of hydrogen-bond acceptors (Lipinski definition) is 4. The van der Waals surface area contributed by atoms with Crippen molar-refractivity contribution in [2.45, 2.75) is 31.7 Å². The third kappa shape index (κ3) is 3.17. The van der Waals surface area contributed by atoms with Crippen LogP contribution in [0, 0.1) is 0 Å². The second-order valence-electron chi connectivity index (χ2n) is 8.28. The monoisotopic (exact) mass is 413 g/mol. The topological polar surface area (TPSA) is 76.2 Å². The van der Waals surface area contributed by atoms with Gasteiger partial charge in [0, 0.05) is 25.0 Å². The number of likely N-dealkylation sites (tertiary alicyclic amines) is 1. The van der Waals surface area contributed by atoms with Crippen molar-refractivity contribution in [3.05, 3.63) is 66.1 Å². The van der Waals surface area contributed by atoms with Crippen LogP contribution in [0.2, 0.25) is 0 Å². The highest BCUT2D eigenvalue weighted by Crippen LogP contribution is 2.32. The maximum atomic E-state index is 13.0. The van der Waals surface area contributed by atoms with Gasteiger partial charge in [0.1, 0.15) is 5.52 Å². The fourth-order valence-corrected chi connectivity index (χ4v) is 4.84. The molecule has 6 rings (SSSR count). The molecule has 1 atom stereocenters. The Hall–Kier alpha value is -3.61. The van der Waals surface area contributed by atoms with E-state index in [-0.39, 0.29) is 12.1 Å². The van der Waals surface area contributed by atoms with E-state index in [1.54, 1.807) is 12.5 Å². The molecule has 1 unspecified atom stereocenters. The fraction of sp³-hybridized carbons (Fsp3) is 0.292. The molecule has 0 bridgehead atoms. The zero-order chi connectivity index (χ0) is 20.8. The third-order valence-electron chi connectivity index (χ3n) is 6.36. The number of nitrogens with one attached hydrogen (secondary N) is 1. The summed E-state index contributed by atoms with van der Waals surface area (Å²) in [5.74, 6) is 1.46. The van der Waals surface area contributed by atoms with Crippen LogP contribution in [0.1, 0.15) is 30.0 Å². The van der Waals surface area contributed by atoms with Gasteiger partial charge in [0.05, 0.1) is 12.3 Å². The number of aromatic nitrogens is 3. The number of imidazole rings is 1. The lowest BCUT2D eigenvalue weighted by molar-refractivity contribution is 0.221. The van der Waals surface area contributed by atoms with Crippen LogP contribution < -0.4 is 5.32 Å². The van der Waals surface area contributed by atoms with Crippen LogP contribution in [0.4, 0.5) is 10.5 Å². The highest BCUT2D eigenvalue weighted by atomic mass is 16.3. The van der Waals surface area contributed by atoms with Gasteiger partial charge in [-0.1, -0.05) is 6.07 Å². The molecule has 3 aromatic heterocycles. The summed E-state index contributed by atoms with van der Waals surface area (Å²) in [7, 11) is 0. The van der Waals surface area contributed by atoms with Crippen LogP contribution in [0.3, 0.4) is 0 Å².